The number of nitrogens with zero attached hydrogens (tertiary/aromatic N) is 2. The number of nitrogens with one attached hydrogen (secondary N) is 2. The van der Waals surface area contributed by atoms with Crippen LogP contribution in [0.2, 0.25) is 0 Å². The first-order valence-electron chi connectivity index (χ1n) is 14.0. The summed E-state index contributed by atoms with van der Waals surface area (Å²) in [5, 5.41) is 3.54. The molecule has 9 heteroatoms. The molecule has 204 valence electrons. The Labute approximate surface area is 223 Å². The van der Waals surface area contributed by atoms with Crippen molar-refractivity contribution in [2.75, 3.05) is 42.1 Å². The molecule has 3 aliphatic heterocycles. The molecule has 3 unspecified atom stereocenters. The standard InChI is InChI=1S/C29H36F2N4O2S/c1-3-38(36,37)33-20-5-6-23-18(10-20)9-17(2)35-28(23)26-24(27-19-13-29(27,35)14-19)11-21(12-25(26)31)32-22-15-34(16-22)8-4-7-30/h5-6,10-12,17,19,22,27-28,32-33H,3-4,7-9,13-16H2,1-2H3. The van der Waals surface area contributed by atoms with E-state index in [9.17, 15) is 12.8 Å². The second-order valence-electron chi connectivity index (χ2n) is 12.1. The number of likely N-dealkylation sites (tertiary alicyclic amines) is 1. The third-order valence-corrected chi connectivity index (χ3v) is 11.2. The highest BCUT2D eigenvalue weighted by Gasteiger charge is 2.73. The Hall–Kier alpha value is -2.23. The van der Waals surface area contributed by atoms with E-state index in [1.165, 1.54) is 12.8 Å². The van der Waals surface area contributed by atoms with Crippen molar-refractivity contribution in [3.8, 4) is 0 Å². The molecule has 2 bridgehead atoms. The molecule has 1 spiro atoms. The highest BCUT2D eigenvalue weighted by atomic mass is 32.2. The number of fused-ring (bicyclic) bond motifs is 5. The molecule has 1 saturated heterocycles. The molecule has 2 N–H and O–H groups in total. The maximum Gasteiger partial charge on any atom is 0.232 e. The predicted octanol–water partition coefficient (Wildman–Crippen LogP) is 4.64. The van der Waals surface area contributed by atoms with Gasteiger partial charge in [0.1, 0.15) is 5.82 Å². The van der Waals surface area contributed by atoms with Crippen molar-refractivity contribution in [2.45, 2.75) is 69.1 Å². The minimum Gasteiger partial charge on any atom is -0.380 e. The van der Waals surface area contributed by atoms with Gasteiger partial charge >= 0.3 is 0 Å². The molecule has 2 aromatic carbocycles. The number of halogens is 2. The molecular weight excluding hydrogens is 506 g/mol. The van der Waals surface area contributed by atoms with E-state index >= 15 is 4.39 Å². The van der Waals surface area contributed by atoms with E-state index in [1.54, 1.807) is 13.0 Å². The minimum atomic E-state index is -3.37. The summed E-state index contributed by atoms with van der Waals surface area (Å²) in [5.74, 6) is 0.870. The van der Waals surface area contributed by atoms with Gasteiger partial charge in [-0.15, -0.1) is 0 Å². The lowest BCUT2D eigenvalue weighted by atomic mass is 9.37. The molecule has 3 saturated carbocycles. The Morgan fingerprint density at radius 2 is 1.89 bits per heavy atom. The first-order chi connectivity index (χ1) is 18.2. The molecule has 4 fully saturated rings. The monoisotopic (exact) mass is 542 g/mol. The van der Waals surface area contributed by atoms with Crippen LogP contribution >= 0.6 is 0 Å². The van der Waals surface area contributed by atoms with Crippen molar-refractivity contribution >= 4 is 21.4 Å². The number of hydrogen-bond acceptors (Lipinski definition) is 5. The molecule has 2 aromatic rings. The van der Waals surface area contributed by atoms with Gasteiger partial charge in [-0.25, -0.2) is 12.8 Å². The third-order valence-electron chi connectivity index (χ3n) is 9.86. The fraction of sp³-hybridized carbons (Fsp3) is 0.586. The number of sulfonamides is 1. The van der Waals surface area contributed by atoms with Crippen LogP contribution in [0.3, 0.4) is 0 Å². The highest BCUT2D eigenvalue weighted by Crippen LogP contribution is 2.75. The van der Waals surface area contributed by atoms with Crippen LogP contribution in [0.15, 0.2) is 30.3 Å². The van der Waals surface area contributed by atoms with Crippen LogP contribution in [0.25, 0.3) is 0 Å². The summed E-state index contributed by atoms with van der Waals surface area (Å²) in [5.41, 5.74) is 5.66. The molecule has 3 aliphatic carbocycles. The number of alkyl halides is 1. The summed E-state index contributed by atoms with van der Waals surface area (Å²) in [7, 11) is -3.37. The van der Waals surface area contributed by atoms with Gasteiger partial charge in [-0.3, -0.25) is 18.9 Å². The van der Waals surface area contributed by atoms with Gasteiger partial charge in [0, 0.05) is 54.1 Å². The average molecular weight is 543 g/mol. The Bertz CT molecular complexity index is 1390. The van der Waals surface area contributed by atoms with Gasteiger partial charge in [0.25, 0.3) is 0 Å². The fourth-order valence-corrected chi connectivity index (χ4v) is 8.81. The van der Waals surface area contributed by atoms with Crippen LogP contribution in [0.5, 0.6) is 0 Å². The Kier molecular flexibility index (Phi) is 5.63. The largest absolute Gasteiger partial charge is 0.380 e. The molecule has 0 amide bonds. The second kappa shape index (κ2) is 8.63. The summed E-state index contributed by atoms with van der Waals surface area (Å²) in [4.78, 5) is 4.83. The Morgan fingerprint density at radius 1 is 1.11 bits per heavy atom. The van der Waals surface area contributed by atoms with Crippen molar-refractivity contribution in [1.29, 1.82) is 0 Å². The SMILES string of the molecule is CCS(=O)(=O)Nc1ccc2c(c1)CC(C)N1C2c2c(F)cc(NC3CN(CCCF)C3)cc2C2C3CC21C3. The molecule has 0 aromatic heterocycles. The van der Waals surface area contributed by atoms with E-state index in [-0.39, 0.29) is 41.9 Å². The van der Waals surface area contributed by atoms with Gasteiger partial charge in [-0.05, 0) is 86.4 Å². The van der Waals surface area contributed by atoms with E-state index in [1.807, 2.05) is 18.2 Å². The van der Waals surface area contributed by atoms with Gasteiger partial charge in [-0.2, -0.15) is 0 Å². The quantitative estimate of drug-likeness (QED) is 0.509. The van der Waals surface area contributed by atoms with Gasteiger partial charge in [-0.1, -0.05) is 6.07 Å². The first kappa shape index (κ1) is 24.8. The third kappa shape index (κ3) is 3.57. The topological polar surface area (TPSA) is 64.7 Å². The number of hydrogen-bond donors (Lipinski definition) is 2. The lowest BCUT2D eigenvalue weighted by Crippen LogP contribution is -2.78. The van der Waals surface area contributed by atoms with Gasteiger partial charge in [0.05, 0.1) is 24.5 Å². The van der Waals surface area contributed by atoms with Crippen molar-refractivity contribution in [3.05, 3.63) is 58.4 Å². The maximum absolute atomic E-state index is 16.1. The van der Waals surface area contributed by atoms with Crippen LogP contribution < -0.4 is 10.0 Å². The minimum absolute atomic E-state index is 0.0213. The van der Waals surface area contributed by atoms with E-state index in [2.05, 4.69) is 32.8 Å². The molecule has 6 aliphatic rings. The smallest absolute Gasteiger partial charge is 0.232 e. The van der Waals surface area contributed by atoms with Crippen LogP contribution in [-0.2, 0) is 16.4 Å². The van der Waals surface area contributed by atoms with Crippen molar-refractivity contribution < 1.29 is 17.2 Å². The normalized spacial score (nSPS) is 31.6. The Morgan fingerprint density at radius 3 is 2.58 bits per heavy atom. The van der Waals surface area contributed by atoms with Crippen molar-refractivity contribution in [3.63, 3.8) is 0 Å². The summed E-state index contributed by atoms with van der Waals surface area (Å²) in [6.07, 6.45) is 3.74. The van der Waals surface area contributed by atoms with Crippen molar-refractivity contribution in [2.24, 2.45) is 5.92 Å². The molecule has 3 heterocycles. The highest BCUT2D eigenvalue weighted by molar-refractivity contribution is 7.92. The molecule has 6 nitrogen and oxygen atoms in total. The van der Waals surface area contributed by atoms with Crippen LogP contribution in [-0.4, -0.2) is 67.9 Å². The average Bonchev–Trinajstić information content (AvgIpc) is 2.79. The lowest BCUT2D eigenvalue weighted by Gasteiger charge is -2.77. The van der Waals surface area contributed by atoms with Gasteiger partial charge in [0.15, 0.2) is 0 Å². The number of anilines is 2. The Balaban J connectivity index is 1.24. The lowest BCUT2D eigenvalue weighted by molar-refractivity contribution is -0.208. The van der Waals surface area contributed by atoms with E-state index in [0.717, 1.165) is 54.0 Å². The fourth-order valence-electron chi connectivity index (χ4n) is 8.18. The van der Waals surface area contributed by atoms with Crippen LogP contribution in [0.1, 0.15) is 67.3 Å². The maximum atomic E-state index is 16.1. The molecule has 38 heavy (non-hydrogen) atoms. The van der Waals surface area contributed by atoms with E-state index < -0.39 is 10.0 Å². The summed E-state index contributed by atoms with van der Waals surface area (Å²) in [6, 6.07) is 9.99. The molecule has 0 radical (unpaired) electrons. The summed E-state index contributed by atoms with van der Waals surface area (Å²) < 4.78 is 55.7. The molecular formula is C29H36F2N4O2S. The number of benzene rings is 2. The van der Waals surface area contributed by atoms with Crippen molar-refractivity contribution in [1.82, 2.24) is 9.80 Å². The summed E-state index contributed by atoms with van der Waals surface area (Å²) in [6.45, 7) is 6.07. The zero-order chi connectivity index (χ0) is 26.4. The van der Waals surface area contributed by atoms with Crippen LogP contribution in [0.4, 0.5) is 20.2 Å². The van der Waals surface area contributed by atoms with Gasteiger partial charge < -0.3 is 5.32 Å². The first-order valence-corrected chi connectivity index (χ1v) is 15.7. The summed E-state index contributed by atoms with van der Waals surface area (Å²) >= 11 is 0. The molecule has 3 atom stereocenters. The second-order valence-corrected chi connectivity index (χ2v) is 14.1. The van der Waals surface area contributed by atoms with E-state index in [0.29, 0.717) is 23.9 Å². The number of rotatable bonds is 8. The molecule has 8 rings (SSSR count). The van der Waals surface area contributed by atoms with E-state index in [4.69, 9.17) is 0 Å². The zero-order valence-electron chi connectivity index (χ0n) is 22.0. The zero-order valence-corrected chi connectivity index (χ0v) is 22.8. The predicted molar refractivity (Wildman–Crippen MR) is 145 cm³/mol. The van der Waals surface area contributed by atoms with Gasteiger partial charge in [0.2, 0.25) is 10.0 Å². The van der Waals surface area contributed by atoms with Crippen LogP contribution in [0, 0.1) is 11.7 Å².